The number of hydrogen-bond donors (Lipinski definition) is 3. The molecule has 0 amide bonds. The number of rotatable bonds is 5. The number of carbonyl (C=O) groups is 2. The fraction of sp³-hybridized carbons (Fsp3) is 0.680. The number of benzene rings is 1. The van der Waals surface area contributed by atoms with E-state index >= 15 is 4.79 Å². The van der Waals surface area contributed by atoms with Gasteiger partial charge in [0.25, 0.3) is 0 Å². The number of ketones is 2. The molecule has 5 aliphatic carbocycles. The second-order valence-electron chi connectivity index (χ2n) is 22.3. The minimum absolute atomic E-state index is 0.0308. The van der Waals surface area contributed by atoms with Crippen molar-refractivity contribution in [2.75, 3.05) is 0 Å². The summed E-state index contributed by atoms with van der Waals surface area (Å²) in [6.45, 7) is 20.5. The third-order valence-corrected chi connectivity index (χ3v) is 18.4. The predicted octanol–water partition coefficient (Wildman–Crippen LogP) is 9.14. The maximum Gasteiger partial charge on any atom is 0.163 e. The van der Waals surface area contributed by atoms with Crippen molar-refractivity contribution in [3.8, 4) is 0 Å². The zero-order valence-corrected chi connectivity index (χ0v) is 36.0. The van der Waals surface area contributed by atoms with E-state index in [2.05, 4.69) is 88.6 Å². The van der Waals surface area contributed by atoms with Crippen LogP contribution in [0, 0.1) is 64.6 Å². The maximum atomic E-state index is 15.7. The third-order valence-electron chi connectivity index (χ3n) is 18.4. The summed E-state index contributed by atoms with van der Waals surface area (Å²) in [7, 11) is 0. The highest BCUT2D eigenvalue weighted by Crippen LogP contribution is 2.79. The fourth-order valence-corrected chi connectivity index (χ4v) is 16.0. The Kier molecular flexibility index (Phi) is 8.09. The minimum Gasteiger partial charge on any atom is -0.392 e. The number of nitrogens with zero attached hydrogens (tertiary/aromatic N) is 1. The van der Waals surface area contributed by atoms with E-state index in [0.717, 1.165) is 68.9 Å². The van der Waals surface area contributed by atoms with Crippen molar-refractivity contribution in [3.63, 3.8) is 0 Å². The van der Waals surface area contributed by atoms with Gasteiger partial charge in [0.1, 0.15) is 11.9 Å². The standard InChI is InChI=1S/C50H66N2O5/c1-27-19-28(2)21-29(20-27)22-31-25-52-26-32-37-38(47(7,23-34(53)44-46(5,6)57-44)16-12-30-24-51-39(31)40(30)52)42(56)33-11-10-15-50(49(33,37)9)18-13-35-45(3,4)36(54)14-17-48(35,8)43(50)41(32)55/h19-21,24-25,32-35,41,43-44,51,53,55H,10-18,22-23,26H2,1-9H3/t32-,33-,34-,35+,41-,43-,44-,47+,48-,49+,50+/m1/s1. The lowest BCUT2D eigenvalue weighted by molar-refractivity contribution is -0.243. The van der Waals surface area contributed by atoms with E-state index in [9.17, 15) is 15.0 Å². The van der Waals surface area contributed by atoms with E-state index < -0.39 is 28.5 Å². The average molecular weight is 775 g/mol. The van der Waals surface area contributed by atoms with E-state index in [1.807, 2.05) is 13.8 Å². The largest absolute Gasteiger partial charge is 0.392 e. The van der Waals surface area contributed by atoms with E-state index in [0.29, 0.717) is 25.2 Å². The van der Waals surface area contributed by atoms with Gasteiger partial charge in [-0.15, -0.1) is 0 Å². The smallest absolute Gasteiger partial charge is 0.163 e. The van der Waals surface area contributed by atoms with Gasteiger partial charge in [-0.05, 0) is 129 Å². The van der Waals surface area contributed by atoms with Crippen molar-refractivity contribution in [1.29, 1.82) is 0 Å². The van der Waals surface area contributed by atoms with Crippen LogP contribution in [0.1, 0.15) is 134 Å². The van der Waals surface area contributed by atoms with Gasteiger partial charge in [0.2, 0.25) is 0 Å². The summed E-state index contributed by atoms with van der Waals surface area (Å²) in [6, 6.07) is 6.82. The van der Waals surface area contributed by atoms with Crippen LogP contribution in [0.25, 0.3) is 11.0 Å². The lowest BCUT2D eigenvalue weighted by Crippen LogP contribution is -2.70. The number of ether oxygens (including phenoxy) is 1. The molecule has 7 aliphatic rings. The molecule has 11 atom stereocenters. The van der Waals surface area contributed by atoms with Crippen LogP contribution >= 0.6 is 0 Å². The van der Waals surface area contributed by atoms with Gasteiger partial charge in [0, 0.05) is 60.0 Å². The zero-order valence-electron chi connectivity index (χ0n) is 36.0. The number of carbonyl (C=O) groups excluding carboxylic acids is 2. The number of aliphatic hydroxyl groups excluding tert-OH is 2. The van der Waals surface area contributed by atoms with Crippen molar-refractivity contribution >= 4 is 22.6 Å². The van der Waals surface area contributed by atoms with Crippen LogP contribution < -0.4 is 0 Å². The molecule has 57 heavy (non-hydrogen) atoms. The molecule has 4 saturated carbocycles. The molecular weight excluding hydrogens is 709 g/mol. The van der Waals surface area contributed by atoms with Gasteiger partial charge in [-0.2, -0.15) is 0 Å². The minimum atomic E-state index is -0.700. The monoisotopic (exact) mass is 774 g/mol. The van der Waals surface area contributed by atoms with E-state index in [4.69, 9.17) is 4.74 Å². The van der Waals surface area contributed by atoms with Crippen LogP contribution in [0.2, 0.25) is 0 Å². The van der Waals surface area contributed by atoms with Crippen LogP contribution in [0.4, 0.5) is 0 Å². The molecular formula is C50H66N2O5. The first-order valence-corrected chi connectivity index (χ1v) is 22.4. The van der Waals surface area contributed by atoms with Crippen LogP contribution in [-0.4, -0.2) is 55.2 Å². The van der Waals surface area contributed by atoms with Gasteiger partial charge in [-0.25, -0.2) is 0 Å². The molecule has 1 spiro atoms. The van der Waals surface area contributed by atoms with Crippen LogP contribution in [-0.2, 0) is 33.7 Å². The highest BCUT2D eigenvalue weighted by Gasteiger charge is 2.76. The molecule has 3 N–H and O–H groups in total. The second-order valence-corrected chi connectivity index (χ2v) is 22.3. The molecule has 0 radical (unpaired) electrons. The molecule has 1 saturated heterocycles. The van der Waals surface area contributed by atoms with Gasteiger partial charge < -0.3 is 24.5 Å². The van der Waals surface area contributed by atoms with Gasteiger partial charge in [-0.3, -0.25) is 9.59 Å². The number of hydrogen-bond acceptors (Lipinski definition) is 5. The van der Waals surface area contributed by atoms with Crippen molar-refractivity contribution in [2.45, 2.75) is 163 Å². The summed E-state index contributed by atoms with van der Waals surface area (Å²) in [6.07, 6.45) is 11.8. The predicted molar refractivity (Wildman–Crippen MR) is 223 cm³/mol. The van der Waals surface area contributed by atoms with E-state index in [1.54, 1.807) is 0 Å². The normalized spacial score (nSPS) is 40.8. The van der Waals surface area contributed by atoms with E-state index in [-0.39, 0.29) is 52.0 Å². The molecule has 306 valence electrons. The van der Waals surface area contributed by atoms with Crippen LogP contribution in [0.5, 0.6) is 0 Å². The first-order chi connectivity index (χ1) is 26.8. The lowest BCUT2D eigenvalue weighted by atomic mass is 9.31. The molecule has 3 aromatic rings. The van der Waals surface area contributed by atoms with Gasteiger partial charge in [-0.1, -0.05) is 70.4 Å². The number of aromatic nitrogens is 2. The average Bonchev–Trinajstić information content (AvgIpc) is 3.36. The number of allylic oxidation sites excluding steroid dienone is 1. The Morgan fingerprint density at radius 2 is 1.67 bits per heavy atom. The molecule has 10 rings (SSSR count). The van der Waals surface area contributed by atoms with Crippen LogP contribution in [0.3, 0.4) is 0 Å². The quantitative estimate of drug-likeness (QED) is 0.224. The Hall–Kier alpha value is -3.00. The maximum absolute atomic E-state index is 15.7. The van der Waals surface area contributed by atoms with Crippen molar-refractivity contribution in [2.24, 2.45) is 50.7 Å². The Labute approximate surface area is 339 Å². The Balaban J connectivity index is 1.19. The number of aliphatic hydroxyl groups is 2. The molecule has 5 fully saturated rings. The lowest BCUT2D eigenvalue weighted by Gasteiger charge is -2.72. The van der Waals surface area contributed by atoms with Gasteiger partial charge in [0.15, 0.2) is 5.78 Å². The molecule has 0 unspecified atom stereocenters. The van der Waals surface area contributed by atoms with Crippen molar-refractivity contribution in [3.05, 3.63) is 69.6 Å². The first kappa shape index (κ1) is 38.2. The summed E-state index contributed by atoms with van der Waals surface area (Å²) in [5, 5.41) is 25.6. The number of aryl methyl sites for hydroxylation is 3. The Morgan fingerprint density at radius 1 is 0.947 bits per heavy atom. The van der Waals surface area contributed by atoms with Crippen LogP contribution in [0.15, 0.2) is 41.7 Å². The SMILES string of the molecule is Cc1cc(C)cc(Cc2cn3c4c(c[nH]c24)CC[C@@](C)(C[C@@H](O)[C@H]2OC2(C)C)C2=C4[C@@H](C3)[C@@H](O)[C@@H]3[C@]5(C)CCC(=O)C(C)(C)[C@@H]5CC[C@@]35CCC[C@H](C2=O)[C@@]45C)c1. The molecule has 7 nitrogen and oxygen atoms in total. The number of aromatic amines is 1. The van der Waals surface area contributed by atoms with Crippen molar-refractivity contribution < 1.29 is 24.5 Å². The molecule has 2 aromatic heterocycles. The van der Waals surface area contributed by atoms with Gasteiger partial charge in [0.05, 0.1) is 28.8 Å². The van der Waals surface area contributed by atoms with Gasteiger partial charge >= 0.3 is 0 Å². The number of epoxide rings is 1. The highest BCUT2D eigenvalue weighted by atomic mass is 16.6. The Bertz CT molecular complexity index is 2240. The molecule has 0 bridgehead atoms. The molecule has 4 heterocycles. The summed E-state index contributed by atoms with van der Waals surface area (Å²) in [4.78, 5) is 33.1. The molecule has 1 aromatic carbocycles. The highest BCUT2D eigenvalue weighted by molar-refractivity contribution is 6.04. The molecule has 7 heteroatoms. The summed E-state index contributed by atoms with van der Waals surface area (Å²) in [5.74, 6) is 0.383. The van der Waals surface area contributed by atoms with Crippen molar-refractivity contribution in [1.82, 2.24) is 9.55 Å². The fourth-order valence-electron chi connectivity index (χ4n) is 16.0. The summed E-state index contributed by atoms with van der Waals surface area (Å²) in [5.41, 5.74) is 8.49. The molecule has 2 aliphatic heterocycles. The number of fused-ring (bicyclic) bond motifs is 2. The zero-order chi connectivity index (χ0) is 40.4. The van der Waals surface area contributed by atoms with E-state index in [1.165, 1.54) is 38.9 Å². The summed E-state index contributed by atoms with van der Waals surface area (Å²) < 4.78 is 8.50. The second kappa shape index (κ2) is 12.1. The Morgan fingerprint density at radius 3 is 2.37 bits per heavy atom. The first-order valence-electron chi connectivity index (χ1n) is 22.4. The topological polar surface area (TPSA) is 108 Å². The number of Topliss-reactive ketones (excluding diaryl/α,β-unsaturated/α-hetero) is 2. The number of H-pyrrole nitrogens is 1. The third kappa shape index (κ3) is 5.00. The summed E-state index contributed by atoms with van der Waals surface area (Å²) >= 11 is 0. The number of nitrogens with one attached hydrogen (secondary N) is 1.